The summed E-state index contributed by atoms with van der Waals surface area (Å²) in [6.07, 6.45) is 0.918. The highest BCUT2D eigenvalue weighted by Gasteiger charge is 2.44. The number of ether oxygens (including phenoxy) is 2. The van der Waals surface area contributed by atoms with Gasteiger partial charge in [0, 0.05) is 29.3 Å². The zero-order chi connectivity index (χ0) is 22.1. The Morgan fingerprint density at radius 2 is 1.65 bits per heavy atom. The monoisotopic (exact) mass is 421 g/mol. The second-order valence-electron chi connectivity index (χ2n) is 7.95. The highest BCUT2D eigenvalue weighted by atomic mass is 19.1. The zero-order valence-corrected chi connectivity index (χ0v) is 17.7. The van der Waals surface area contributed by atoms with Crippen molar-refractivity contribution >= 4 is 17.5 Å². The van der Waals surface area contributed by atoms with Crippen molar-refractivity contribution in [3.05, 3.63) is 76.7 Å². The number of hydrogen-bond donors (Lipinski definition) is 0. The average Bonchev–Trinajstić information content (AvgIpc) is 2.78. The third-order valence-electron chi connectivity index (χ3n) is 6.16. The second-order valence-corrected chi connectivity index (χ2v) is 7.95. The summed E-state index contributed by atoms with van der Waals surface area (Å²) in [4.78, 5) is 30.7. The van der Waals surface area contributed by atoms with Gasteiger partial charge >= 0.3 is 5.97 Å². The van der Waals surface area contributed by atoms with E-state index in [1.807, 2.05) is 24.3 Å². The van der Waals surface area contributed by atoms with Crippen LogP contribution >= 0.6 is 0 Å². The maximum atomic E-state index is 13.6. The van der Waals surface area contributed by atoms with Crippen LogP contribution in [0.5, 0.6) is 5.75 Å². The van der Waals surface area contributed by atoms with Gasteiger partial charge < -0.3 is 9.47 Å². The number of methoxy groups -OCH3 is 2. The van der Waals surface area contributed by atoms with E-state index in [0.29, 0.717) is 35.4 Å². The average molecular weight is 421 g/mol. The molecule has 1 heterocycles. The van der Waals surface area contributed by atoms with Crippen molar-refractivity contribution in [2.24, 2.45) is 10.9 Å². The maximum Gasteiger partial charge on any atom is 0.315 e. The summed E-state index contributed by atoms with van der Waals surface area (Å²) in [6.45, 7) is 1.78. The van der Waals surface area contributed by atoms with Crippen LogP contribution in [0.3, 0.4) is 0 Å². The zero-order valence-electron chi connectivity index (χ0n) is 17.7. The van der Waals surface area contributed by atoms with Gasteiger partial charge in [0.05, 0.1) is 14.2 Å². The van der Waals surface area contributed by atoms with Crippen LogP contribution < -0.4 is 4.74 Å². The summed E-state index contributed by atoms with van der Waals surface area (Å²) in [5, 5.41) is 0. The van der Waals surface area contributed by atoms with E-state index in [1.165, 1.54) is 19.2 Å². The van der Waals surface area contributed by atoms with Gasteiger partial charge in [0.1, 0.15) is 17.5 Å². The van der Waals surface area contributed by atoms with Crippen LogP contribution in [0.2, 0.25) is 0 Å². The fourth-order valence-electron chi connectivity index (χ4n) is 4.63. The molecule has 0 aromatic heterocycles. The number of Topliss-reactive ketones (excluding diaryl/α,β-unsaturated/α-hetero) is 1. The maximum absolute atomic E-state index is 13.6. The molecule has 5 nitrogen and oxygen atoms in total. The van der Waals surface area contributed by atoms with Gasteiger partial charge in [-0.3, -0.25) is 14.6 Å². The number of esters is 1. The minimum absolute atomic E-state index is 0.00255. The molecule has 0 bridgehead atoms. The van der Waals surface area contributed by atoms with Crippen molar-refractivity contribution in [2.75, 3.05) is 14.2 Å². The molecule has 0 amide bonds. The first-order chi connectivity index (χ1) is 14.9. The first-order valence-electron chi connectivity index (χ1n) is 10.2. The number of carbonyl (C=O) groups excluding carboxylic acids is 2. The molecule has 0 spiro atoms. The molecule has 0 radical (unpaired) electrons. The van der Waals surface area contributed by atoms with Gasteiger partial charge in [-0.05, 0) is 54.7 Å². The summed E-state index contributed by atoms with van der Waals surface area (Å²) in [7, 11) is 2.94. The first kappa shape index (κ1) is 21.0. The molecule has 1 unspecified atom stereocenters. The third-order valence-corrected chi connectivity index (χ3v) is 6.16. The Bertz CT molecular complexity index is 1070. The van der Waals surface area contributed by atoms with Crippen LogP contribution in [0.1, 0.15) is 42.7 Å². The summed E-state index contributed by atoms with van der Waals surface area (Å²) < 4.78 is 23.8. The Balaban J connectivity index is 1.77. The fraction of sp³-hybridized carbons (Fsp3) is 0.320. The molecular formula is C25H24FNO4. The number of nitrogens with zero attached hydrogens (tertiary/aromatic N) is 1. The van der Waals surface area contributed by atoms with Crippen molar-refractivity contribution < 1.29 is 23.5 Å². The largest absolute Gasteiger partial charge is 0.497 e. The number of allylic oxidation sites excluding steroid dienone is 2. The van der Waals surface area contributed by atoms with Gasteiger partial charge in [-0.25, -0.2) is 4.39 Å². The molecule has 0 saturated carbocycles. The molecule has 2 aromatic carbocycles. The van der Waals surface area contributed by atoms with Crippen LogP contribution in [0, 0.1) is 11.7 Å². The number of benzene rings is 2. The van der Waals surface area contributed by atoms with Gasteiger partial charge in [0.2, 0.25) is 0 Å². The Kier molecular flexibility index (Phi) is 5.72. The van der Waals surface area contributed by atoms with Crippen molar-refractivity contribution in [2.45, 2.75) is 31.6 Å². The minimum Gasteiger partial charge on any atom is -0.497 e. The Hall–Kier alpha value is -3.28. The smallest absolute Gasteiger partial charge is 0.315 e. The number of carbonyl (C=O) groups is 2. The molecular weight excluding hydrogens is 397 g/mol. The van der Waals surface area contributed by atoms with Crippen molar-refractivity contribution in [1.82, 2.24) is 0 Å². The molecule has 31 heavy (non-hydrogen) atoms. The standard InChI is InChI=1S/C25H24FNO4/c1-14-22(25(29)31-3)23(16-4-8-18(26)9-5-16)24-20(27-14)12-17(13-21(24)28)15-6-10-19(30-2)11-7-15/h4-11,17,22-23H,12-13H2,1-3H3/t17-,22?,23-/m0/s1. The lowest BCUT2D eigenvalue weighted by Crippen LogP contribution is -2.37. The van der Waals surface area contributed by atoms with Crippen LogP contribution in [0.15, 0.2) is 64.8 Å². The fourth-order valence-corrected chi connectivity index (χ4v) is 4.63. The van der Waals surface area contributed by atoms with E-state index in [-0.39, 0.29) is 17.5 Å². The van der Waals surface area contributed by atoms with E-state index < -0.39 is 17.8 Å². The van der Waals surface area contributed by atoms with Gasteiger partial charge in [-0.2, -0.15) is 0 Å². The summed E-state index contributed by atoms with van der Waals surface area (Å²) in [6, 6.07) is 13.6. The van der Waals surface area contributed by atoms with Gasteiger partial charge in [-0.1, -0.05) is 24.3 Å². The van der Waals surface area contributed by atoms with Crippen LogP contribution in [-0.2, 0) is 14.3 Å². The van der Waals surface area contributed by atoms with Crippen molar-refractivity contribution in [3.8, 4) is 5.75 Å². The molecule has 1 aliphatic heterocycles. The van der Waals surface area contributed by atoms with Crippen molar-refractivity contribution in [3.63, 3.8) is 0 Å². The molecule has 2 aliphatic rings. The number of rotatable bonds is 4. The predicted octanol–water partition coefficient (Wildman–Crippen LogP) is 4.58. The SMILES string of the molecule is COC(=O)C1C(C)=NC2=C(C(=O)C[C@@H](c3ccc(OC)cc3)C2)[C@H]1c1ccc(F)cc1. The topological polar surface area (TPSA) is 65.0 Å². The quantitative estimate of drug-likeness (QED) is 0.678. The lowest BCUT2D eigenvalue weighted by molar-refractivity contribution is -0.143. The highest BCUT2D eigenvalue weighted by Crippen LogP contribution is 2.46. The Labute approximate surface area is 180 Å². The first-order valence-corrected chi connectivity index (χ1v) is 10.2. The summed E-state index contributed by atoms with van der Waals surface area (Å²) in [5.74, 6) is -1.36. The summed E-state index contributed by atoms with van der Waals surface area (Å²) >= 11 is 0. The molecule has 1 aliphatic carbocycles. The lowest BCUT2D eigenvalue weighted by atomic mass is 9.69. The summed E-state index contributed by atoms with van der Waals surface area (Å²) in [5.41, 5.74) is 3.58. The molecule has 160 valence electrons. The highest BCUT2D eigenvalue weighted by molar-refractivity contribution is 6.09. The van der Waals surface area contributed by atoms with E-state index >= 15 is 0 Å². The lowest BCUT2D eigenvalue weighted by Gasteiger charge is -2.36. The minimum atomic E-state index is -0.712. The second kappa shape index (κ2) is 8.46. The van der Waals surface area contributed by atoms with Gasteiger partial charge in [0.25, 0.3) is 0 Å². The molecule has 0 N–H and O–H groups in total. The molecule has 2 aromatic rings. The van der Waals surface area contributed by atoms with E-state index in [2.05, 4.69) is 4.99 Å². The number of hydrogen-bond acceptors (Lipinski definition) is 5. The Morgan fingerprint density at radius 3 is 2.26 bits per heavy atom. The van der Waals surface area contributed by atoms with Crippen molar-refractivity contribution in [1.29, 1.82) is 0 Å². The van der Waals surface area contributed by atoms with E-state index in [4.69, 9.17) is 9.47 Å². The third kappa shape index (κ3) is 3.90. The molecule has 0 fully saturated rings. The number of halogens is 1. The van der Waals surface area contributed by atoms with Gasteiger partial charge in [0.15, 0.2) is 5.78 Å². The molecule has 3 atom stereocenters. The number of ketones is 1. The molecule has 6 heteroatoms. The van der Waals surface area contributed by atoms with E-state index in [9.17, 15) is 14.0 Å². The number of aliphatic imine (C=N–C) groups is 1. The molecule has 0 saturated heterocycles. The molecule has 4 rings (SSSR count). The Morgan fingerprint density at radius 1 is 1.00 bits per heavy atom. The van der Waals surface area contributed by atoms with Crippen LogP contribution in [0.4, 0.5) is 4.39 Å². The van der Waals surface area contributed by atoms with Crippen LogP contribution in [0.25, 0.3) is 0 Å². The predicted molar refractivity (Wildman–Crippen MR) is 115 cm³/mol. The van der Waals surface area contributed by atoms with Crippen LogP contribution in [-0.4, -0.2) is 31.7 Å². The van der Waals surface area contributed by atoms with Gasteiger partial charge in [-0.15, -0.1) is 0 Å². The normalized spacial score (nSPS) is 23.2. The van der Waals surface area contributed by atoms with E-state index in [0.717, 1.165) is 11.3 Å². The van der Waals surface area contributed by atoms with E-state index in [1.54, 1.807) is 26.2 Å².